The number of nitro groups is 1. The summed E-state index contributed by atoms with van der Waals surface area (Å²) >= 11 is 6.30. The van der Waals surface area contributed by atoms with Gasteiger partial charge in [-0.05, 0) is 23.6 Å². The van der Waals surface area contributed by atoms with E-state index in [1.165, 1.54) is 0 Å². The van der Waals surface area contributed by atoms with Gasteiger partial charge in [0, 0.05) is 42.0 Å². The molecule has 0 spiro atoms. The van der Waals surface area contributed by atoms with Crippen LogP contribution in [-0.2, 0) is 13.0 Å². The predicted octanol–water partition coefficient (Wildman–Crippen LogP) is 4.47. The molecule has 0 aliphatic carbocycles. The van der Waals surface area contributed by atoms with Crippen LogP contribution in [0.3, 0.4) is 0 Å². The molecule has 6 heteroatoms. The fraction of sp³-hybridized carbons (Fsp3) is 0.167. The van der Waals surface area contributed by atoms with E-state index < -0.39 is 0 Å². The molecule has 2 aromatic carbocycles. The maximum absolute atomic E-state index is 10.8. The summed E-state index contributed by atoms with van der Waals surface area (Å²) in [7, 11) is 0. The zero-order chi connectivity index (χ0) is 16.9. The lowest BCUT2D eigenvalue weighted by Gasteiger charge is -2.19. The van der Waals surface area contributed by atoms with E-state index >= 15 is 0 Å². The van der Waals surface area contributed by atoms with E-state index in [0.717, 1.165) is 29.1 Å². The largest absolute Gasteiger partial charge is 0.337 e. The number of benzene rings is 2. The zero-order valence-electron chi connectivity index (χ0n) is 12.9. The van der Waals surface area contributed by atoms with E-state index in [1.54, 1.807) is 24.7 Å². The molecule has 0 saturated carbocycles. The van der Waals surface area contributed by atoms with Crippen molar-refractivity contribution in [3.63, 3.8) is 0 Å². The first-order chi connectivity index (χ1) is 11.6. The monoisotopic (exact) mass is 341 g/mol. The van der Waals surface area contributed by atoms with Crippen molar-refractivity contribution in [3.8, 4) is 0 Å². The number of nitro benzene ring substituents is 1. The van der Waals surface area contributed by atoms with Gasteiger partial charge in [-0.15, -0.1) is 0 Å². The fourth-order valence-electron chi connectivity index (χ4n) is 2.73. The minimum absolute atomic E-state index is 0.0953. The Morgan fingerprint density at radius 1 is 1.17 bits per heavy atom. The molecule has 122 valence electrons. The number of non-ortho nitro benzene ring substituents is 1. The van der Waals surface area contributed by atoms with Crippen LogP contribution in [0.2, 0.25) is 5.02 Å². The van der Waals surface area contributed by atoms with Gasteiger partial charge >= 0.3 is 0 Å². The number of halogens is 1. The molecule has 0 N–H and O–H groups in total. The minimum atomic E-state index is -0.386. The Balaban J connectivity index is 1.89. The molecule has 3 aromatic rings. The van der Waals surface area contributed by atoms with Crippen LogP contribution >= 0.6 is 11.6 Å². The highest BCUT2D eigenvalue weighted by molar-refractivity contribution is 6.31. The highest BCUT2D eigenvalue weighted by atomic mass is 35.5. The molecule has 0 aliphatic heterocycles. The van der Waals surface area contributed by atoms with Crippen molar-refractivity contribution in [1.29, 1.82) is 0 Å². The van der Waals surface area contributed by atoms with Crippen LogP contribution in [-0.4, -0.2) is 14.5 Å². The van der Waals surface area contributed by atoms with E-state index in [0.29, 0.717) is 0 Å². The van der Waals surface area contributed by atoms with E-state index in [4.69, 9.17) is 11.6 Å². The van der Waals surface area contributed by atoms with E-state index in [1.807, 2.05) is 47.2 Å². The Bertz CT molecular complexity index is 817. The molecule has 0 aliphatic rings. The molecule has 24 heavy (non-hydrogen) atoms. The predicted molar refractivity (Wildman–Crippen MR) is 93.2 cm³/mol. The first-order valence-electron chi connectivity index (χ1n) is 7.57. The molecule has 0 saturated heterocycles. The summed E-state index contributed by atoms with van der Waals surface area (Å²) in [6.07, 6.45) is 6.16. The summed E-state index contributed by atoms with van der Waals surface area (Å²) in [5, 5.41) is 11.6. The van der Waals surface area contributed by atoms with Crippen LogP contribution in [0.4, 0.5) is 5.69 Å². The van der Waals surface area contributed by atoms with Crippen molar-refractivity contribution in [2.75, 3.05) is 0 Å². The van der Waals surface area contributed by atoms with Gasteiger partial charge in [0.1, 0.15) is 0 Å². The topological polar surface area (TPSA) is 61.0 Å². The summed E-state index contributed by atoms with van der Waals surface area (Å²) in [4.78, 5) is 14.5. The van der Waals surface area contributed by atoms with Gasteiger partial charge in [0.15, 0.2) is 0 Å². The quantitative estimate of drug-likeness (QED) is 0.491. The van der Waals surface area contributed by atoms with Gasteiger partial charge in [0.25, 0.3) is 5.69 Å². The molecule has 1 heterocycles. The number of hydrogen-bond acceptors (Lipinski definition) is 3. The Morgan fingerprint density at radius 3 is 2.54 bits per heavy atom. The Morgan fingerprint density at radius 2 is 1.92 bits per heavy atom. The van der Waals surface area contributed by atoms with Crippen LogP contribution in [0.15, 0.2) is 67.3 Å². The van der Waals surface area contributed by atoms with Gasteiger partial charge in [-0.2, -0.15) is 0 Å². The van der Waals surface area contributed by atoms with Gasteiger partial charge in [-0.3, -0.25) is 10.1 Å². The number of aromatic nitrogens is 2. The molecule has 0 amide bonds. The molecule has 1 aromatic heterocycles. The second kappa shape index (κ2) is 7.27. The van der Waals surface area contributed by atoms with Crippen molar-refractivity contribution >= 4 is 17.3 Å². The average molecular weight is 342 g/mol. The number of nitrogens with zero attached hydrogens (tertiary/aromatic N) is 3. The lowest BCUT2D eigenvalue weighted by Crippen LogP contribution is -2.11. The Hall–Kier alpha value is -2.66. The van der Waals surface area contributed by atoms with Gasteiger partial charge in [-0.25, -0.2) is 4.98 Å². The third kappa shape index (κ3) is 3.81. The second-order valence-corrected chi connectivity index (χ2v) is 6.01. The summed E-state index contributed by atoms with van der Waals surface area (Å²) in [5.74, 6) is 0.139. The van der Waals surface area contributed by atoms with Gasteiger partial charge in [0.05, 0.1) is 11.3 Å². The normalized spacial score (nSPS) is 12.0. The van der Waals surface area contributed by atoms with Gasteiger partial charge in [-0.1, -0.05) is 41.9 Å². The van der Waals surface area contributed by atoms with Crippen LogP contribution in [0.1, 0.15) is 17.0 Å². The first kappa shape index (κ1) is 16.2. The maximum atomic E-state index is 10.8. The summed E-state index contributed by atoms with van der Waals surface area (Å²) < 4.78 is 2.00. The number of imidazole rings is 1. The highest BCUT2D eigenvalue weighted by Gasteiger charge is 2.16. The number of rotatable bonds is 6. The van der Waals surface area contributed by atoms with Crippen molar-refractivity contribution in [1.82, 2.24) is 9.55 Å². The molecule has 5 nitrogen and oxygen atoms in total. The standard InChI is InChI=1S/C18H16ClN3O2/c19-18-4-2-1-3-15(18)11-16(12-21-10-9-20-13-21)14-5-7-17(8-6-14)22(23)24/h1-10,13,16H,11-12H2. The molecule has 1 atom stereocenters. The lowest BCUT2D eigenvalue weighted by atomic mass is 9.91. The van der Waals surface area contributed by atoms with Crippen LogP contribution in [0, 0.1) is 10.1 Å². The smallest absolute Gasteiger partial charge is 0.269 e. The van der Waals surface area contributed by atoms with Crippen molar-refractivity contribution in [2.45, 2.75) is 18.9 Å². The van der Waals surface area contributed by atoms with Crippen molar-refractivity contribution < 1.29 is 4.92 Å². The van der Waals surface area contributed by atoms with Gasteiger partial charge < -0.3 is 4.57 Å². The van der Waals surface area contributed by atoms with E-state index in [2.05, 4.69) is 4.98 Å². The second-order valence-electron chi connectivity index (χ2n) is 5.60. The molecule has 0 radical (unpaired) electrons. The zero-order valence-corrected chi connectivity index (χ0v) is 13.6. The highest BCUT2D eigenvalue weighted by Crippen LogP contribution is 2.28. The third-order valence-corrected chi connectivity index (χ3v) is 4.36. The lowest BCUT2D eigenvalue weighted by molar-refractivity contribution is -0.384. The fourth-order valence-corrected chi connectivity index (χ4v) is 2.95. The molecule has 3 rings (SSSR count). The SMILES string of the molecule is O=[N+]([O-])c1ccc(C(Cc2ccccc2Cl)Cn2ccnc2)cc1. The Kier molecular flexibility index (Phi) is 4.91. The first-order valence-corrected chi connectivity index (χ1v) is 7.95. The summed E-state index contributed by atoms with van der Waals surface area (Å²) in [6, 6.07) is 14.5. The van der Waals surface area contributed by atoms with Crippen LogP contribution in [0.25, 0.3) is 0 Å². The summed E-state index contributed by atoms with van der Waals surface area (Å²) in [5.41, 5.74) is 2.19. The number of hydrogen-bond donors (Lipinski definition) is 0. The van der Waals surface area contributed by atoms with Crippen LogP contribution in [0.5, 0.6) is 0 Å². The van der Waals surface area contributed by atoms with Crippen LogP contribution < -0.4 is 0 Å². The Labute approximate surface area is 144 Å². The summed E-state index contributed by atoms with van der Waals surface area (Å²) in [6.45, 7) is 0.725. The van der Waals surface area contributed by atoms with Crippen molar-refractivity contribution in [2.24, 2.45) is 0 Å². The maximum Gasteiger partial charge on any atom is 0.269 e. The molecular formula is C18H16ClN3O2. The molecule has 0 bridgehead atoms. The van der Waals surface area contributed by atoms with Gasteiger partial charge in [0.2, 0.25) is 0 Å². The molecule has 1 unspecified atom stereocenters. The minimum Gasteiger partial charge on any atom is -0.337 e. The average Bonchev–Trinajstić information content (AvgIpc) is 3.09. The van der Waals surface area contributed by atoms with Crippen molar-refractivity contribution in [3.05, 3.63) is 93.5 Å². The van der Waals surface area contributed by atoms with E-state index in [-0.39, 0.29) is 16.5 Å². The molecule has 0 fully saturated rings. The molecular weight excluding hydrogens is 326 g/mol. The van der Waals surface area contributed by atoms with E-state index in [9.17, 15) is 10.1 Å². The third-order valence-electron chi connectivity index (χ3n) is 3.99.